The highest BCUT2D eigenvalue weighted by Gasteiger charge is 2.13. The molecule has 0 saturated carbocycles. The molecule has 4 aromatic rings. The van der Waals surface area contributed by atoms with Gasteiger partial charge in [-0.05, 0) is 35.9 Å². The molecule has 0 amide bonds. The zero-order chi connectivity index (χ0) is 16.7. The van der Waals surface area contributed by atoms with Crippen LogP contribution in [0.2, 0.25) is 0 Å². The van der Waals surface area contributed by atoms with Gasteiger partial charge in [0.05, 0.1) is 19.2 Å². The van der Waals surface area contributed by atoms with E-state index in [9.17, 15) is 0 Å². The monoisotopic (exact) mass is 383 g/mol. The second kappa shape index (κ2) is 5.76. The van der Waals surface area contributed by atoms with Crippen molar-refractivity contribution in [2.24, 2.45) is 0 Å². The Labute approximate surface area is 146 Å². The van der Waals surface area contributed by atoms with Crippen molar-refractivity contribution in [1.29, 1.82) is 0 Å². The van der Waals surface area contributed by atoms with Crippen molar-refractivity contribution in [3.05, 3.63) is 52.5 Å². The third-order valence-corrected chi connectivity index (χ3v) is 4.33. The number of nitrogens with zero attached hydrogens (tertiary/aromatic N) is 4. The van der Waals surface area contributed by atoms with E-state index in [0.29, 0.717) is 17.9 Å². The first kappa shape index (κ1) is 14.9. The predicted molar refractivity (Wildman–Crippen MR) is 97.0 cm³/mol. The zero-order valence-electron chi connectivity index (χ0n) is 12.9. The molecule has 120 valence electrons. The lowest BCUT2D eigenvalue weighted by Crippen LogP contribution is -2.03. The average molecular weight is 384 g/mol. The summed E-state index contributed by atoms with van der Waals surface area (Å²) in [4.78, 5) is 6.07. The van der Waals surface area contributed by atoms with Crippen molar-refractivity contribution in [1.82, 2.24) is 20.0 Å². The fraction of sp³-hybridized carbons (Fsp3) is 0.118. The molecule has 6 nitrogen and oxygen atoms in total. The largest absolute Gasteiger partial charge is 0.497 e. The fourth-order valence-corrected chi connectivity index (χ4v) is 3.00. The Balaban J connectivity index is 1.79. The molecule has 2 aromatic heterocycles. The molecule has 0 bridgehead atoms. The van der Waals surface area contributed by atoms with Gasteiger partial charge in [0, 0.05) is 9.86 Å². The average Bonchev–Trinajstić information content (AvgIpc) is 3.00. The lowest BCUT2D eigenvalue weighted by Gasteiger charge is -2.02. The number of benzene rings is 2. The summed E-state index contributed by atoms with van der Waals surface area (Å²) in [5, 5.41) is 10.0. The molecule has 2 N–H and O–H groups in total. The molecule has 0 saturated heterocycles. The molecule has 0 unspecified atom stereocenters. The first-order valence-corrected chi connectivity index (χ1v) is 8.16. The fourth-order valence-electron chi connectivity index (χ4n) is 2.65. The summed E-state index contributed by atoms with van der Waals surface area (Å²) in [6, 6.07) is 13.7. The number of hydrogen-bond acceptors (Lipinski definition) is 5. The lowest BCUT2D eigenvalue weighted by molar-refractivity contribution is 0.414. The van der Waals surface area contributed by atoms with Crippen molar-refractivity contribution >= 4 is 43.7 Å². The number of rotatable bonds is 3. The number of hydrogen-bond donors (Lipinski definition) is 1. The van der Waals surface area contributed by atoms with Crippen LogP contribution >= 0.6 is 15.9 Å². The number of nitrogens with two attached hydrogens (primary N) is 1. The van der Waals surface area contributed by atoms with E-state index in [-0.39, 0.29) is 0 Å². The van der Waals surface area contributed by atoms with E-state index < -0.39 is 0 Å². The quantitative estimate of drug-likeness (QED) is 0.586. The molecule has 2 heterocycles. The molecule has 4 rings (SSSR count). The summed E-state index contributed by atoms with van der Waals surface area (Å²) in [5.41, 5.74) is 9.32. The molecule has 0 atom stereocenters. The van der Waals surface area contributed by atoms with Crippen LogP contribution < -0.4 is 10.5 Å². The van der Waals surface area contributed by atoms with E-state index in [0.717, 1.165) is 32.2 Å². The number of methoxy groups -OCH3 is 1. The standard InChI is InChI=1S/C17H14BrN5O/c1-24-12-5-2-10(3-6-12)9-23-21-15-13-7-4-11(18)8-14(13)20-17(19)16(15)22-23/h2-8H,9H2,1H3,(H2,19,20). The number of halogens is 1. The van der Waals surface area contributed by atoms with E-state index in [1.165, 1.54) is 0 Å². The second-order valence-electron chi connectivity index (χ2n) is 5.43. The van der Waals surface area contributed by atoms with Crippen LogP contribution in [0.1, 0.15) is 5.56 Å². The summed E-state index contributed by atoms with van der Waals surface area (Å²) < 4.78 is 6.13. The molecule has 0 aliphatic heterocycles. The number of pyridine rings is 1. The predicted octanol–water partition coefficient (Wildman–Crippen LogP) is 3.38. The molecule has 0 spiro atoms. The number of fused-ring (bicyclic) bond motifs is 3. The van der Waals surface area contributed by atoms with Gasteiger partial charge in [-0.2, -0.15) is 9.90 Å². The van der Waals surface area contributed by atoms with Gasteiger partial charge in [-0.3, -0.25) is 0 Å². The van der Waals surface area contributed by atoms with Gasteiger partial charge in [0.25, 0.3) is 0 Å². The Hall–Kier alpha value is -2.67. The van der Waals surface area contributed by atoms with Gasteiger partial charge in [-0.15, -0.1) is 5.10 Å². The third-order valence-electron chi connectivity index (χ3n) is 3.84. The van der Waals surface area contributed by atoms with Crippen LogP contribution in [-0.4, -0.2) is 27.1 Å². The van der Waals surface area contributed by atoms with Crippen molar-refractivity contribution in [3.8, 4) is 5.75 Å². The molecule has 7 heteroatoms. The van der Waals surface area contributed by atoms with Crippen LogP contribution in [0.4, 0.5) is 5.82 Å². The van der Waals surface area contributed by atoms with Crippen molar-refractivity contribution < 1.29 is 4.74 Å². The summed E-state index contributed by atoms with van der Waals surface area (Å²) in [6.07, 6.45) is 0. The summed E-state index contributed by atoms with van der Waals surface area (Å²) >= 11 is 3.45. The van der Waals surface area contributed by atoms with E-state index in [2.05, 4.69) is 31.1 Å². The van der Waals surface area contributed by atoms with Gasteiger partial charge in [-0.25, -0.2) is 4.98 Å². The van der Waals surface area contributed by atoms with Crippen LogP contribution in [0.25, 0.3) is 21.9 Å². The van der Waals surface area contributed by atoms with Gasteiger partial charge in [0.15, 0.2) is 11.3 Å². The minimum Gasteiger partial charge on any atom is -0.497 e. The summed E-state index contributed by atoms with van der Waals surface area (Å²) in [7, 11) is 1.65. The first-order valence-electron chi connectivity index (χ1n) is 7.36. The van der Waals surface area contributed by atoms with Gasteiger partial charge >= 0.3 is 0 Å². The smallest absolute Gasteiger partial charge is 0.155 e. The van der Waals surface area contributed by atoms with E-state index >= 15 is 0 Å². The molecule has 0 aliphatic rings. The van der Waals surface area contributed by atoms with Crippen LogP contribution in [0, 0.1) is 0 Å². The second-order valence-corrected chi connectivity index (χ2v) is 6.35. The highest BCUT2D eigenvalue weighted by Crippen LogP contribution is 2.27. The highest BCUT2D eigenvalue weighted by molar-refractivity contribution is 9.10. The number of nitrogen functional groups attached to an aromatic ring is 1. The maximum atomic E-state index is 6.06. The number of ether oxygens (including phenoxy) is 1. The third kappa shape index (κ3) is 2.56. The Morgan fingerprint density at radius 2 is 1.83 bits per heavy atom. The molecular weight excluding hydrogens is 370 g/mol. The van der Waals surface area contributed by atoms with Gasteiger partial charge < -0.3 is 10.5 Å². The Kier molecular flexibility index (Phi) is 3.57. The molecule has 0 radical (unpaired) electrons. The normalized spacial score (nSPS) is 11.2. The summed E-state index contributed by atoms with van der Waals surface area (Å²) in [6.45, 7) is 0.552. The van der Waals surface area contributed by atoms with Crippen LogP contribution in [-0.2, 0) is 6.54 Å². The number of aromatic nitrogens is 4. The SMILES string of the molecule is COc1ccc(Cn2nc3c(N)nc4cc(Br)ccc4c3n2)cc1. The molecule has 0 fully saturated rings. The Morgan fingerprint density at radius 3 is 2.58 bits per heavy atom. The van der Waals surface area contributed by atoms with Crippen molar-refractivity contribution in [2.45, 2.75) is 6.54 Å². The molecule has 2 aromatic carbocycles. The summed E-state index contributed by atoms with van der Waals surface area (Å²) in [5.74, 6) is 1.21. The minimum atomic E-state index is 0.386. The molecule has 24 heavy (non-hydrogen) atoms. The van der Waals surface area contributed by atoms with Crippen LogP contribution in [0.3, 0.4) is 0 Å². The van der Waals surface area contributed by atoms with Gasteiger partial charge in [-0.1, -0.05) is 28.1 Å². The molecule has 0 aliphatic carbocycles. The van der Waals surface area contributed by atoms with Crippen LogP contribution in [0.15, 0.2) is 46.9 Å². The Bertz CT molecular complexity index is 1040. The lowest BCUT2D eigenvalue weighted by atomic mass is 10.2. The van der Waals surface area contributed by atoms with E-state index in [4.69, 9.17) is 10.5 Å². The zero-order valence-corrected chi connectivity index (χ0v) is 14.5. The first-order chi connectivity index (χ1) is 11.6. The maximum Gasteiger partial charge on any atom is 0.155 e. The van der Waals surface area contributed by atoms with Crippen molar-refractivity contribution in [3.63, 3.8) is 0 Å². The van der Waals surface area contributed by atoms with Crippen molar-refractivity contribution in [2.75, 3.05) is 12.8 Å². The maximum absolute atomic E-state index is 6.06. The van der Waals surface area contributed by atoms with E-state index in [1.54, 1.807) is 11.9 Å². The van der Waals surface area contributed by atoms with Crippen LogP contribution in [0.5, 0.6) is 5.75 Å². The minimum absolute atomic E-state index is 0.386. The highest BCUT2D eigenvalue weighted by atomic mass is 79.9. The van der Waals surface area contributed by atoms with E-state index in [1.807, 2.05) is 42.5 Å². The Morgan fingerprint density at radius 1 is 1.08 bits per heavy atom. The molecular formula is C17H14BrN5O. The van der Waals surface area contributed by atoms with Gasteiger partial charge in [0.1, 0.15) is 11.3 Å². The van der Waals surface area contributed by atoms with Gasteiger partial charge in [0.2, 0.25) is 0 Å². The number of anilines is 1. The topological polar surface area (TPSA) is 78.9 Å².